The van der Waals surface area contributed by atoms with E-state index < -0.39 is 0 Å². The van der Waals surface area contributed by atoms with E-state index in [4.69, 9.17) is 0 Å². The monoisotopic (exact) mass is 297 g/mol. The van der Waals surface area contributed by atoms with Crippen molar-refractivity contribution in [2.45, 2.75) is 33.7 Å². The summed E-state index contributed by atoms with van der Waals surface area (Å²) in [7, 11) is 0. The van der Waals surface area contributed by atoms with Gasteiger partial charge in [-0.3, -0.25) is 19.2 Å². The second kappa shape index (κ2) is 5.40. The molecule has 2 amide bonds. The zero-order valence-electron chi connectivity index (χ0n) is 13.0. The molecule has 1 fully saturated rings. The topological polar surface area (TPSA) is 55.2 Å². The number of carbonyl (C=O) groups excluding carboxylic acids is 2. The molecule has 114 valence electrons. The Bertz CT molecular complexity index is 731. The van der Waals surface area contributed by atoms with Crippen molar-refractivity contribution in [3.63, 3.8) is 0 Å². The smallest absolute Gasteiger partial charge is 0.239 e. The van der Waals surface area contributed by atoms with Crippen LogP contribution in [0.15, 0.2) is 30.3 Å². The number of hydrogen-bond acceptors (Lipinski definition) is 3. The summed E-state index contributed by atoms with van der Waals surface area (Å²) in [6.45, 7) is 6.30. The highest BCUT2D eigenvalue weighted by Crippen LogP contribution is 2.27. The fraction of sp³-hybridized carbons (Fsp3) is 0.353. The molecule has 0 saturated carbocycles. The molecule has 5 nitrogen and oxygen atoms in total. The SMILES string of the molecule is Cc1ccc(N2C(=O)C[C@@H](Cn3nc(C)cc3C)C2=O)cc1. The van der Waals surface area contributed by atoms with Crippen LogP contribution in [0.3, 0.4) is 0 Å². The number of benzene rings is 1. The van der Waals surface area contributed by atoms with E-state index in [1.54, 1.807) is 0 Å². The Hall–Kier alpha value is -2.43. The third-order valence-corrected chi connectivity index (χ3v) is 4.03. The van der Waals surface area contributed by atoms with Gasteiger partial charge in [0.05, 0.1) is 23.8 Å². The molecule has 22 heavy (non-hydrogen) atoms. The molecule has 0 unspecified atom stereocenters. The number of anilines is 1. The standard InChI is InChI=1S/C17H19N3O2/c1-11-4-6-15(7-5-11)20-16(21)9-14(17(20)22)10-19-13(3)8-12(2)18-19/h4-8,14H,9-10H2,1-3H3/t14-/m0/s1. The predicted octanol–water partition coefficient (Wildman–Crippen LogP) is 2.39. The normalized spacial score (nSPS) is 18.3. The highest BCUT2D eigenvalue weighted by molar-refractivity contribution is 6.20. The number of nitrogens with zero attached hydrogens (tertiary/aromatic N) is 3. The number of aryl methyl sites for hydroxylation is 3. The van der Waals surface area contributed by atoms with Crippen LogP contribution in [0.4, 0.5) is 5.69 Å². The van der Waals surface area contributed by atoms with Gasteiger partial charge < -0.3 is 0 Å². The first-order chi connectivity index (χ1) is 10.5. The van der Waals surface area contributed by atoms with Gasteiger partial charge in [0, 0.05) is 12.1 Å². The zero-order chi connectivity index (χ0) is 15.9. The van der Waals surface area contributed by atoms with Gasteiger partial charge in [-0.05, 0) is 39.0 Å². The van der Waals surface area contributed by atoms with Gasteiger partial charge in [-0.2, -0.15) is 5.10 Å². The van der Waals surface area contributed by atoms with Crippen molar-refractivity contribution in [2.24, 2.45) is 5.92 Å². The number of amides is 2. The van der Waals surface area contributed by atoms with E-state index in [-0.39, 0.29) is 24.2 Å². The zero-order valence-corrected chi connectivity index (χ0v) is 13.0. The van der Waals surface area contributed by atoms with Crippen molar-refractivity contribution in [2.75, 3.05) is 4.90 Å². The Morgan fingerprint density at radius 2 is 1.82 bits per heavy atom. The number of aromatic nitrogens is 2. The van der Waals surface area contributed by atoms with Crippen LogP contribution in [0, 0.1) is 26.7 Å². The van der Waals surface area contributed by atoms with E-state index in [1.165, 1.54) is 4.90 Å². The molecule has 2 heterocycles. The Balaban J connectivity index is 1.82. The molecule has 1 aliphatic heterocycles. The Kier molecular flexibility index (Phi) is 3.56. The minimum absolute atomic E-state index is 0.138. The van der Waals surface area contributed by atoms with Crippen molar-refractivity contribution >= 4 is 17.5 Å². The van der Waals surface area contributed by atoms with Crippen LogP contribution < -0.4 is 4.90 Å². The summed E-state index contributed by atoms with van der Waals surface area (Å²) in [4.78, 5) is 26.1. The van der Waals surface area contributed by atoms with Gasteiger partial charge in [0.2, 0.25) is 11.8 Å². The fourth-order valence-corrected chi connectivity index (χ4v) is 2.87. The molecule has 0 bridgehead atoms. The van der Waals surface area contributed by atoms with Crippen molar-refractivity contribution in [3.8, 4) is 0 Å². The third kappa shape index (κ3) is 2.54. The summed E-state index contributed by atoms with van der Waals surface area (Å²) in [6, 6.07) is 9.42. The number of carbonyl (C=O) groups is 2. The molecule has 0 radical (unpaired) electrons. The summed E-state index contributed by atoms with van der Waals surface area (Å²) < 4.78 is 1.81. The van der Waals surface area contributed by atoms with Crippen LogP contribution in [-0.2, 0) is 16.1 Å². The van der Waals surface area contributed by atoms with Crippen LogP contribution in [0.25, 0.3) is 0 Å². The van der Waals surface area contributed by atoms with Gasteiger partial charge in [-0.25, -0.2) is 0 Å². The highest BCUT2D eigenvalue weighted by atomic mass is 16.2. The second-order valence-electron chi connectivity index (χ2n) is 5.91. The van der Waals surface area contributed by atoms with Gasteiger partial charge in [-0.15, -0.1) is 0 Å². The summed E-state index contributed by atoms with van der Waals surface area (Å²) >= 11 is 0. The maximum absolute atomic E-state index is 12.6. The van der Waals surface area contributed by atoms with Crippen LogP contribution in [-0.4, -0.2) is 21.6 Å². The Labute approximate surface area is 129 Å². The van der Waals surface area contributed by atoms with Crippen molar-refractivity contribution in [1.29, 1.82) is 0 Å². The van der Waals surface area contributed by atoms with Crippen LogP contribution in [0.2, 0.25) is 0 Å². The minimum atomic E-state index is -0.341. The second-order valence-corrected chi connectivity index (χ2v) is 5.91. The first-order valence-electron chi connectivity index (χ1n) is 7.40. The molecule has 0 spiro atoms. The van der Waals surface area contributed by atoms with E-state index in [1.807, 2.05) is 55.8 Å². The molecule has 0 N–H and O–H groups in total. The summed E-state index contributed by atoms with van der Waals surface area (Å²) in [5, 5.41) is 4.38. The Morgan fingerprint density at radius 3 is 2.41 bits per heavy atom. The molecule has 1 saturated heterocycles. The van der Waals surface area contributed by atoms with Gasteiger partial charge in [-0.1, -0.05) is 17.7 Å². The molecule has 1 atom stereocenters. The van der Waals surface area contributed by atoms with Gasteiger partial charge in [0.15, 0.2) is 0 Å². The van der Waals surface area contributed by atoms with Gasteiger partial charge in [0.25, 0.3) is 0 Å². The summed E-state index contributed by atoms with van der Waals surface area (Å²) in [5.41, 5.74) is 3.68. The molecule has 1 aliphatic rings. The molecular formula is C17H19N3O2. The molecular weight excluding hydrogens is 278 g/mol. The number of rotatable bonds is 3. The average molecular weight is 297 g/mol. The van der Waals surface area contributed by atoms with Crippen LogP contribution in [0.1, 0.15) is 23.4 Å². The molecule has 1 aromatic carbocycles. The van der Waals surface area contributed by atoms with E-state index in [0.717, 1.165) is 17.0 Å². The largest absolute Gasteiger partial charge is 0.274 e. The van der Waals surface area contributed by atoms with E-state index in [9.17, 15) is 9.59 Å². The molecule has 5 heteroatoms. The fourth-order valence-electron chi connectivity index (χ4n) is 2.87. The number of imide groups is 1. The molecule has 1 aromatic heterocycles. The Morgan fingerprint density at radius 1 is 1.14 bits per heavy atom. The minimum Gasteiger partial charge on any atom is -0.274 e. The number of hydrogen-bond donors (Lipinski definition) is 0. The van der Waals surface area contributed by atoms with Crippen molar-refractivity contribution in [1.82, 2.24) is 9.78 Å². The lowest BCUT2D eigenvalue weighted by atomic mass is 10.1. The summed E-state index contributed by atoms with van der Waals surface area (Å²) in [5.74, 6) is -0.617. The summed E-state index contributed by atoms with van der Waals surface area (Å²) in [6.07, 6.45) is 0.241. The third-order valence-electron chi connectivity index (χ3n) is 4.03. The van der Waals surface area contributed by atoms with Gasteiger partial charge >= 0.3 is 0 Å². The van der Waals surface area contributed by atoms with Crippen LogP contribution >= 0.6 is 0 Å². The van der Waals surface area contributed by atoms with E-state index >= 15 is 0 Å². The van der Waals surface area contributed by atoms with Crippen molar-refractivity contribution in [3.05, 3.63) is 47.3 Å². The van der Waals surface area contributed by atoms with Crippen molar-refractivity contribution < 1.29 is 9.59 Å². The predicted molar refractivity (Wildman–Crippen MR) is 83.5 cm³/mol. The average Bonchev–Trinajstić information content (AvgIpc) is 2.92. The van der Waals surface area contributed by atoms with Gasteiger partial charge in [0.1, 0.15) is 0 Å². The molecule has 3 rings (SSSR count). The van der Waals surface area contributed by atoms with E-state index in [0.29, 0.717) is 12.2 Å². The first-order valence-corrected chi connectivity index (χ1v) is 7.40. The maximum Gasteiger partial charge on any atom is 0.239 e. The lowest BCUT2D eigenvalue weighted by Gasteiger charge is -2.15. The van der Waals surface area contributed by atoms with Crippen LogP contribution in [0.5, 0.6) is 0 Å². The maximum atomic E-state index is 12.6. The van der Waals surface area contributed by atoms with E-state index in [2.05, 4.69) is 5.10 Å². The quantitative estimate of drug-likeness (QED) is 0.817. The lowest BCUT2D eigenvalue weighted by Crippen LogP contribution is -2.31. The molecule has 2 aromatic rings. The highest BCUT2D eigenvalue weighted by Gasteiger charge is 2.39. The lowest BCUT2D eigenvalue weighted by molar-refractivity contribution is -0.122. The molecule has 0 aliphatic carbocycles. The first kappa shape index (κ1) is 14.5.